The maximum absolute atomic E-state index is 13.6. The van der Waals surface area contributed by atoms with E-state index in [0.29, 0.717) is 5.56 Å². The number of benzene rings is 1. The average molecular weight is 295 g/mol. The van der Waals surface area contributed by atoms with Crippen LogP contribution in [0.25, 0.3) is 0 Å². The zero-order chi connectivity index (χ0) is 15.4. The molecule has 2 unspecified atom stereocenters. The number of aliphatic hydroxyl groups is 1. The highest BCUT2D eigenvalue weighted by Gasteiger charge is 2.29. The molecular weight excluding hydrogens is 273 g/mol. The van der Waals surface area contributed by atoms with Crippen LogP contribution in [-0.2, 0) is 11.2 Å². The van der Waals surface area contributed by atoms with Crippen molar-refractivity contribution in [3.8, 4) is 5.75 Å². The van der Waals surface area contributed by atoms with E-state index in [-0.39, 0.29) is 24.1 Å². The van der Waals surface area contributed by atoms with Gasteiger partial charge in [0.2, 0.25) is 5.91 Å². The van der Waals surface area contributed by atoms with Crippen LogP contribution in [-0.4, -0.2) is 42.2 Å². The third-order valence-electron chi connectivity index (χ3n) is 4.16. The number of halogens is 1. The van der Waals surface area contributed by atoms with Crippen molar-refractivity contribution in [1.29, 1.82) is 0 Å². The number of hydrogen-bond donors (Lipinski definition) is 1. The van der Waals surface area contributed by atoms with Gasteiger partial charge in [-0.25, -0.2) is 4.39 Å². The first-order valence-electron chi connectivity index (χ1n) is 7.29. The molecule has 2 rings (SSSR count). The van der Waals surface area contributed by atoms with E-state index in [4.69, 9.17) is 4.74 Å². The van der Waals surface area contributed by atoms with Gasteiger partial charge in [-0.2, -0.15) is 0 Å². The van der Waals surface area contributed by atoms with Gasteiger partial charge in [-0.1, -0.05) is 18.9 Å². The Labute approximate surface area is 124 Å². The van der Waals surface area contributed by atoms with Crippen LogP contribution in [0.5, 0.6) is 5.75 Å². The molecule has 116 valence electrons. The second-order valence-electron chi connectivity index (χ2n) is 5.57. The van der Waals surface area contributed by atoms with Gasteiger partial charge in [-0.15, -0.1) is 0 Å². The first-order valence-corrected chi connectivity index (χ1v) is 7.29. The van der Waals surface area contributed by atoms with Gasteiger partial charge in [0.05, 0.1) is 25.7 Å². The van der Waals surface area contributed by atoms with E-state index in [1.165, 1.54) is 19.2 Å². The number of carbonyl (C=O) groups excluding carboxylic acids is 1. The second-order valence-corrected chi connectivity index (χ2v) is 5.57. The molecule has 5 heteroatoms. The minimum Gasteiger partial charge on any atom is -0.494 e. The van der Waals surface area contributed by atoms with Crippen LogP contribution in [0.3, 0.4) is 0 Å². The fourth-order valence-electron chi connectivity index (χ4n) is 2.85. The average Bonchev–Trinajstić information content (AvgIpc) is 2.47. The predicted octanol–water partition coefficient (Wildman–Crippen LogP) is 2.14. The van der Waals surface area contributed by atoms with Crippen molar-refractivity contribution in [3.63, 3.8) is 0 Å². The largest absolute Gasteiger partial charge is 0.494 e. The van der Waals surface area contributed by atoms with Gasteiger partial charge in [0.15, 0.2) is 11.6 Å². The van der Waals surface area contributed by atoms with Gasteiger partial charge in [0, 0.05) is 7.05 Å². The van der Waals surface area contributed by atoms with Crippen LogP contribution in [0.2, 0.25) is 0 Å². The zero-order valence-corrected chi connectivity index (χ0v) is 12.5. The van der Waals surface area contributed by atoms with Gasteiger partial charge in [0.25, 0.3) is 0 Å². The van der Waals surface area contributed by atoms with Crippen LogP contribution in [0.15, 0.2) is 18.2 Å². The number of rotatable bonds is 4. The lowest BCUT2D eigenvalue weighted by atomic mass is 9.91. The van der Waals surface area contributed by atoms with Crippen molar-refractivity contribution in [2.24, 2.45) is 0 Å². The smallest absolute Gasteiger partial charge is 0.227 e. The van der Waals surface area contributed by atoms with Gasteiger partial charge in [-0.3, -0.25) is 4.79 Å². The van der Waals surface area contributed by atoms with E-state index in [9.17, 15) is 14.3 Å². The minimum atomic E-state index is -0.469. The quantitative estimate of drug-likeness (QED) is 0.926. The molecule has 1 aliphatic carbocycles. The molecule has 0 spiro atoms. The number of nitrogens with zero attached hydrogens (tertiary/aromatic N) is 1. The van der Waals surface area contributed by atoms with Crippen LogP contribution in [0, 0.1) is 5.82 Å². The van der Waals surface area contributed by atoms with E-state index in [1.807, 2.05) is 0 Å². The summed E-state index contributed by atoms with van der Waals surface area (Å²) in [5, 5.41) is 10.00. The van der Waals surface area contributed by atoms with Crippen LogP contribution in [0.4, 0.5) is 4.39 Å². The van der Waals surface area contributed by atoms with E-state index >= 15 is 0 Å². The molecule has 1 aromatic carbocycles. The summed E-state index contributed by atoms with van der Waals surface area (Å²) in [5.41, 5.74) is 0.607. The maximum Gasteiger partial charge on any atom is 0.227 e. The number of ether oxygens (including phenoxy) is 1. The molecule has 0 aromatic heterocycles. The summed E-state index contributed by atoms with van der Waals surface area (Å²) in [5.74, 6) is -0.407. The summed E-state index contributed by atoms with van der Waals surface area (Å²) in [6.45, 7) is 0. The number of carbonyl (C=O) groups is 1. The van der Waals surface area contributed by atoms with Crippen molar-refractivity contribution < 1.29 is 19.0 Å². The van der Waals surface area contributed by atoms with Gasteiger partial charge >= 0.3 is 0 Å². The molecule has 0 saturated heterocycles. The molecule has 0 radical (unpaired) electrons. The predicted molar refractivity (Wildman–Crippen MR) is 77.7 cm³/mol. The molecular formula is C16H22FNO3. The van der Waals surface area contributed by atoms with Crippen molar-refractivity contribution in [3.05, 3.63) is 29.6 Å². The molecule has 1 fully saturated rings. The molecule has 21 heavy (non-hydrogen) atoms. The van der Waals surface area contributed by atoms with Crippen molar-refractivity contribution in [2.75, 3.05) is 14.2 Å². The fraction of sp³-hybridized carbons (Fsp3) is 0.562. The van der Waals surface area contributed by atoms with E-state index in [2.05, 4.69) is 0 Å². The highest BCUT2D eigenvalue weighted by Crippen LogP contribution is 2.23. The zero-order valence-electron chi connectivity index (χ0n) is 12.5. The van der Waals surface area contributed by atoms with Gasteiger partial charge < -0.3 is 14.7 Å². The number of hydrogen-bond acceptors (Lipinski definition) is 3. The lowest BCUT2D eigenvalue weighted by molar-refractivity contribution is -0.134. The summed E-state index contributed by atoms with van der Waals surface area (Å²) in [7, 11) is 3.11. The monoisotopic (exact) mass is 295 g/mol. The topological polar surface area (TPSA) is 49.8 Å². The molecule has 1 amide bonds. The molecule has 1 aliphatic rings. The minimum absolute atomic E-state index is 0.106. The summed E-state index contributed by atoms with van der Waals surface area (Å²) in [6, 6.07) is 4.40. The Hall–Kier alpha value is -1.62. The van der Waals surface area contributed by atoms with Crippen LogP contribution < -0.4 is 4.74 Å². The SMILES string of the molecule is COc1ccc(CC(=O)N(C)C2CCCCC2O)cc1F. The van der Waals surface area contributed by atoms with E-state index in [1.54, 1.807) is 18.0 Å². The van der Waals surface area contributed by atoms with E-state index in [0.717, 1.165) is 25.7 Å². The first kappa shape index (κ1) is 15.8. The molecule has 1 aromatic rings. The third-order valence-corrected chi connectivity index (χ3v) is 4.16. The Bertz CT molecular complexity index is 506. The summed E-state index contributed by atoms with van der Waals surface area (Å²) < 4.78 is 18.5. The Morgan fingerprint density at radius 2 is 2.14 bits per heavy atom. The van der Waals surface area contributed by atoms with Gasteiger partial charge in [-0.05, 0) is 30.5 Å². The highest BCUT2D eigenvalue weighted by atomic mass is 19.1. The number of amides is 1. The molecule has 0 aliphatic heterocycles. The molecule has 1 N–H and O–H groups in total. The standard InChI is InChI=1S/C16H22FNO3/c1-18(13-5-3-4-6-14(13)19)16(20)10-11-7-8-15(21-2)12(17)9-11/h7-9,13-14,19H,3-6,10H2,1-2H3. The molecule has 0 bridgehead atoms. The summed E-state index contributed by atoms with van der Waals surface area (Å²) in [4.78, 5) is 13.9. The van der Waals surface area contributed by atoms with Crippen molar-refractivity contribution >= 4 is 5.91 Å². The Kier molecular flexibility index (Phi) is 5.17. The summed E-state index contributed by atoms with van der Waals surface area (Å²) >= 11 is 0. The molecule has 4 nitrogen and oxygen atoms in total. The lowest BCUT2D eigenvalue weighted by Crippen LogP contribution is -2.46. The fourth-order valence-corrected chi connectivity index (χ4v) is 2.85. The van der Waals surface area contributed by atoms with Gasteiger partial charge in [0.1, 0.15) is 0 Å². The third kappa shape index (κ3) is 3.73. The molecule has 1 saturated carbocycles. The number of likely N-dealkylation sites (N-methyl/N-ethyl adjacent to an activating group) is 1. The van der Waals surface area contributed by atoms with Crippen LogP contribution >= 0.6 is 0 Å². The second kappa shape index (κ2) is 6.89. The Balaban J connectivity index is 2.01. The Morgan fingerprint density at radius 1 is 1.43 bits per heavy atom. The number of aliphatic hydroxyl groups excluding tert-OH is 1. The van der Waals surface area contributed by atoms with Crippen LogP contribution in [0.1, 0.15) is 31.2 Å². The number of methoxy groups -OCH3 is 1. The first-order chi connectivity index (χ1) is 10.0. The molecule has 0 heterocycles. The maximum atomic E-state index is 13.6. The molecule has 2 atom stereocenters. The normalized spacial score (nSPS) is 21.9. The Morgan fingerprint density at radius 3 is 2.76 bits per heavy atom. The van der Waals surface area contributed by atoms with E-state index < -0.39 is 11.9 Å². The summed E-state index contributed by atoms with van der Waals surface area (Å²) in [6.07, 6.45) is 3.25. The lowest BCUT2D eigenvalue weighted by Gasteiger charge is -2.35. The van der Waals surface area contributed by atoms with Crippen molar-refractivity contribution in [1.82, 2.24) is 4.90 Å². The highest BCUT2D eigenvalue weighted by molar-refractivity contribution is 5.79. The van der Waals surface area contributed by atoms with Crippen molar-refractivity contribution in [2.45, 2.75) is 44.2 Å².